The maximum atomic E-state index is 11.3. The van der Waals surface area contributed by atoms with Gasteiger partial charge in [-0.1, -0.05) is 6.07 Å². The number of hydrogen-bond acceptors (Lipinski definition) is 2. The van der Waals surface area contributed by atoms with Crippen LogP contribution in [0.25, 0.3) is 0 Å². The molecule has 1 N–H and O–H groups in total. The second-order valence-electron chi connectivity index (χ2n) is 3.18. The van der Waals surface area contributed by atoms with Crippen LogP contribution in [0.3, 0.4) is 0 Å². The molecule has 1 aliphatic heterocycles. The number of nitrogens with one attached hydrogen (secondary N) is 1. The predicted octanol–water partition coefficient (Wildman–Crippen LogP) is 0.700. The van der Waals surface area contributed by atoms with E-state index in [1.54, 1.807) is 18.2 Å². The third-order valence-electron chi connectivity index (χ3n) is 2.30. The average molecular weight is 185 g/mol. The van der Waals surface area contributed by atoms with E-state index in [9.17, 15) is 9.59 Å². The number of carbonyl (C=O) groups is 2. The van der Waals surface area contributed by atoms with E-state index in [4.69, 9.17) is 7.85 Å². The molecule has 14 heavy (non-hydrogen) atoms. The van der Waals surface area contributed by atoms with Gasteiger partial charge < -0.3 is 5.32 Å². The lowest BCUT2D eigenvalue weighted by molar-refractivity contribution is 0.0964. The van der Waals surface area contributed by atoms with Gasteiger partial charge in [0.05, 0.1) is 7.85 Å². The number of hydrogen-bond donors (Lipinski definition) is 1. The molecule has 0 spiro atoms. The minimum absolute atomic E-state index is 0.000160. The highest BCUT2D eigenvalue weighted by atomic mass is 16.2. The molecule has 4 heteroatoms. The van der Waals surface area contributed by atoms with Gasteiger partial charge in [-0.2, -0.15) is 0 Å². The number of Topliss-reactive ketones (excluding diaryl/α,β-unsaturated/α-hetero) is 1. The second-order valence-corrected chi connectivity index (χ2v) is 3.18. The number of benzene rings is 1. The van der Waals surface area contributed by atoms with Gasteiger partial charge in [0.15, 0.2) is 5.78 Å². The molecule has 2 radical (unpaired) electrons. The molecule has 0 atom stereocenters. The van der Waals surface area contributed by atoms with Crippen molar-refractivity contribution >= 4 is 19.5 Å². The Morgan fingerprint density at radius 3 is 3.00 bits per heavy atom. The van der Waals surface area contributed by atoms with Crippen LogP contribution in [-0.4, -0.2) is 19.5 Å². The Hall–Kier alpha value is -1.58. The van der Waals surface area contributed by atoms with Crippen LogP contribution < -0.4 is 5.32 Å². The van der Waals surface area contributed by atoms with E-state index in [2.05, 4.69) is 5.32 Å². The van der Waals surface area contributed by atoms with Gasteiger partial charge in [0, 0.05) is 17.7 Å². The lowest BCUT2D eigenvalue weighted by Gasteiger charge is -2.00. The van der Waals surface area contributed by atoms with Crippen molar-refractivity contribution < 1.29 is 9.59 Å². The SMILES string of the molecule is [B]CC(=O)c1ccc2c(c1)CNC2=O. The first-order chi connectivity index (χ1) is 6.72. The van der Waals surface area contributed by atoms with Gasteiger partial charge in [0.2, 0.25) is 0 Å². The summed E-state index contributed by atoms with van der Waals surface area (Å²) in [6.07, 6.45) is 0.000160. The van der Waals surface area contributed by atoms with Crippen molar-refractivity contribution in [2.24, 2.45) is 0 Å². The largest absolute Gasteiger partial charge is 0.348 e. The van der Waals surface area contributed by atoms with Gasteiger partial charge >= 0.3 is 0 Å². The van der Waals surface area contributed by atoms with Crippen LogP contribution >= 0.6 is 0 Å². The van der Waals surface area contributed by atoms with Crippen molar-refractivity contribution in [3.05, 3.63) is 34.9 Å². The molecule has 0 unspecified atom stereocenters. The maximum absolute atomic E-state index is 11.3. The molecule has 0 fully saturated rings. The van der Waals surface area contributed by atoms with E-state index in [0.717, 1.165) is 5.56 Å². The first kappa shape index (κ1) is 9.00. The third kappa shape index (κ3) is 1.33. The van der Waals surface area contributed by atoms with E-state index in [0.29, 0.717) is 17.7 Å². The number of ketones is 1. The average Bonchev–Trinajstić information content (AvgIpc) is 2.59. The Morgan fingerprint density at radius 1 is 1.50 bits per heavy atom. The third-order valence-corrected chi connectivity index (χ3v) is 2.30. The number of fused-ring (bicyclic) bond motifs is 1. The number of carbonyl (C=O) groups excluding carboxylic acids is 2. The zero-order chi connectivity index (χ0) is 10.1. The number of amides is 1. The minimum Gasteiger partial charge on any atom is -0.348 e. The Balaban J connectivity index is 2.42. The van der Waals surface area contributed by atoms with E-state index in [-0.39, 0.29) is 18.0 Å². The second kappa shape index (κ2) is 3.29. The van der Waals surface area contributed by atoms with Crippen molar-refractivity contribution in [1.82, 2.24) is 5.32 Å². The van der Waals surface area contributed by atoms with Gasteiger partial charge in [-0.05, 0) is 24.0 Å². The molecule has 0 saturated carbocycles. The van der Waals surface area contributed by atoms with Crippen molar-refractivity contribution in [3.8, 4) is 0 Å². The van der Waals surface area contributed by atoms with E-state index in [1.807, 2.05) is 0 Å². The van der Waals surface area contributed by atoms with Crippen molar-refractivity contribution in [3.63, 3.8) is 0 Å². The van der Waals surface area contributed by atoms with Crippen molar-refractivity contribution in [1.29, 1.82) is 0 Å². The summed E-state index contributed by atoms with van der Waals surface area (Å²) in [5.74, 6) is -0.182. The van der Waals surface area contributed by atoms with Crippen LogP contribution in [0.2, 0.25) is 6.32 Å². The topological polar surface area (TPSA) is 46.2 Å². The van der Waals surface area contributed by atoms with E-state index >= 15 is 0 Å². The summed E-state index contributed by atoms with van der Waals surface area (Å²) in [6, 6.07) is 5.03. The van der Waals surface area contributed by atoms with Gasteiger partial charge in [0.25, 0.3) is 5.91 Å². The fourth-order valence-corrected chi connectivity index (χ4v) is 1.52. The summed E-state index contributed by atoms with van der Waals surface area (Å²) in [6.45, 7) is 0.500. The standard InChI is InChI=1S/C10H8BNO2/c11-4-9(13)6-1-2-8-7(3-6)5-12-10(8)14/h1-3H,4-5H2,(H,12,14). The molecule has 1 heterocycles. The molecule has 0 bridgehead atoms. The van der Waals surface area contributed by atoms with Crippen molar-refractivity contribution in [2.75, 3.05) is 0 Å². The van der Waals surface area contributed by atoms with Gasteiger partial charge in [-0.25, -0.2) is 0 Å². The normalized spacial score (nSPS) is 13.6. The lowest BCUT2D eigenvalue weighted by atomic mass is 9.94. The predicted molar refractivity (Wildman–Crippen MR) is 52.5 cm³/mol. The first-order valence-electron chi connectivity index (χ1n) is 4.37. The zero-order valence-corrected chi connectivity index (χ0v) is 7.54. The Labute approximate surface area is 82.9 Å². The van der Waals surface area contributed by atoms with Gasteiger partial charge in [0.1, 0.15) is 0 Å². The van der Waals surface area contributed by atoms with Crippen LogP contribution in [-0.2, 0) is 6.54 Å². The smallest absolute Gasteiger partial charge is 0.251 e. The molecule has 0 aliphatic carbocycles. The summed E-state index contributed by atoms with van der Waals surface area (Å²) in [4.78, 5) is 22.5. The van der Waals surface area contributed by atoms with Crippen LogP contribution in [0, 0.1) is 0 Å². The molecule has 0 saturated heterocycles. The Bertz CT molecular complexity index is 415. The van der Waals surface area contributed by atoms with Crippen LogP contribution in [0.15, 0.2) is 18.2 Å². The molecular formula is C10H8BNO2. The van der Waals surface area contributed by atoms with Crippen LogP contribution in [0.1, 0.15) is 26.3 Å². The molecule has 1 aromatic carbocycles. The number of rotatable bonds is 2. The molecule has 1 aliphatic rings. The summed E-state index contributed by atoms with van der Waals surface area (Å²) in [5, 5.41) is 2.69. The minimum atomic E-state index is -0.104. The molecule has 3 nitrogen and oxygen atoms in total. The molecule has 1 aromatic rings. The van der Waals surface area contributed by atoms with Crippen LogP contribution in [0.5, 0.6) is 0 Å². The summed E-state index contributed by atoms with van der Waals surface area (Å²) >= 11 is 0. The van der Waals surface area contributed by atoms with E-state index < -0.39 is 0 Å². The van der Waals surface area contributed by atoms with E-state index in [1.165, 1.54) is 0 Å². The highest BCUT2D eigenvalue weighted by Gasteiger charge is 2.19. The summed E-state index contributed by atoms with van der Waals surface area (Å²) in [5.41, 5.74) is 2.09. The summed E-state index contributed by atoms with van der Waals surface area (Å²) in [7, 11) is 5.24. The Kier molecular flexibility index (Phi) is 2.12. The van der Waals surface area contributed by atoms with Gasteiger partial charge in [-0.3, -0.25) is 9.59 Å². The highest BCUT2D eigenvalue weighted by molar-refractivity contribution is 6.24. The fourth-order valence-electron chi connectivity index (χ4n) is 1.52. The summed E-state index contributed by atoms with van der Waals surface area (Å²) < 4.78 is 0. The monoisotopic (exact) mass is 185 g/mol. The van der Waals surface area contributed by atoms with Crippen LogP contribution in [0.4, 0.5) is 0 Å². The van der Waals surface area contributed by atoms with Gasteiger partial charge in [-0.15, -0.1) is 0 Å². The molecule has 2 rings (SSSR count). The first-order valence-corrected chi connectivity index (χ1v) is 4.37. The molecule has 0 aromatic heterocycles. The quantitative estimate of drug-likeness (QED) is 0.544. The Morgan fingerprint density at radius 2 is 2.29 bits per heavy atom. The van der Waals surface area contributed by atoms with Crippen molar-refractivity contribution in [2.45, 2.75) is 12.9 Å². The lowest BCUT2D eigenvalue weighted by Crippen LogP contribution is -2.12. The zero-order valence-electron chi connectivity index (χ0n) is 7.54. The molecule has 68 valence electrons. The maximum Gasteiger partial charge on any atom is 0.251 e. The molecule has 1 amide bonds. The highest BCUT2D eigenvalue weighted by Crippen LogP contribution is 2.17. The molecular weight excluding hydrogens is 177 g/mol. The fraction of sp³-hybridized carbons (Fsp3) is 0.200.